The van der Waals surface area contributed by atoms with E-state index in [9.17, 15) is 9.18 Å². The van der Waals surface area contributed by atoms with Crippen molar-refractivity contribution in [1.29, 1.82) is 0 Å². The number of amides is 1. The van der Waals surface area contributed by atoms with Gasteiger partial charge in [0.15, 0.2) is 0 Å². The third-order valence-corrected chi connectivity index (χ3v) is 6.09. The van der Waals surface area contributed by atoms with Gasteiger partial charge in [-0.3, -0.25) is 4.79 Å². The number of hydrogen-bond acceptors (Lipinski definition) is 3. The fourth-order valence-electron chi connectivity index (χ4n) is 4.57. The Bertz CT molecular complexity index is 1160. The van der Waals surface area contributed by atoms with Crippen molar-refractivity contribution in [2.45, 2.75) is 39.7 Å². The highest BCUT2D eigenvalue weighted by atomic mass is 19.1. The second-order valence-corrected chi connectivity index (χ2v) is 8.87. The second-order valence-electron chi connectivity index (χ2n) is 8.87. The standard InChI is InChI=1S/C27H30FN3O2/c1-18(2)26(21-8-10-23(28)11-9-21)31-13-5-6-22(27(31)32)14-20-7-12-24(25(15-20)33-4)30-16-19(3)29-17-30/h7-12,14-18,26H,5-6,13H2,1-4H3. The molecule has 1 amide bonds. The summed E-state index contributed by atoms with van der Waals surface area (Å²) in [7, 11) is 1.64. The number of benzene rings is 2. The first-order valence-corrected chi connectivity index (χ1v) is 11.3. The summed E-state index contributed by atoms with van der Waals surface area (Å²) in [6.45, 7) is 6.83. The fourth-order valence-corrected chi connectivity index (χ4v) is 4.57. The van der Waals surface area contributed by atoms with E-state index in [0.717, 1.165) is 40.9 Å². The van der Waals surface area contributed by atoms with Crippen LogP contribution < -0.4 is 4.74 Å². The van der Waals surface area contributed by atoms with Gasteiger partial charge in [-0.05, 0) is 67.2 Å². The van der Waals surface area contributed by atoms with Crippen LogP contribution in [0.1, 0.15) is 49.6 Å². The van der Waals surface area contributed by atoms with Crippen LogP contribution in [0.2, 0.25) is 0 Å². The first-order valence-electron chi connectivity index (χ1n) is 11.3. The molecule has 1 unspecified atom stereocenters. The van der Waals surface area contributed by atoms with Crippen LogP contribution in [0.15, 0.2) is 60.6 Å². The van der Waals surface area contributed by atoms with Crippen LogP contribution in [0, 0.1) is 18.7 Å². The lowest BCUT2D eigenvalue weighted by Crippen LogP contribution is -2.41. The number of carbonyl (C=O) groups excluding carboxylic acids is 1. The maximum atomic E-state index is 13.5. The molecule has 172 valence electrons. The van der Waals surface area contributed by atoms with E-state index in [2.05, 4.69) is 18.8 Å². The highest BCUT2D eigenvalue weighted by Gasteiger charge is 2.32. The molecule has 0 aliphatic carbocycles. The average Bonchev–Trinajstić information content (AvgIpc) is 3.23. The number of imidazole rings is 1. The van der Waals surface area contributed by atoms with Gasteiger partial charge < -0.3 is 14.2 Å². The lowest BCUT2D eigenvalue weighted by molar-refractivity contribution is -0.132. The molecule has 1 aromatic heterocycles. The first-order chi connectivity index (χ1) is 15.9. The molecule has 1 saturated heterocycles. The van der Waals surface area contributed by atoms with E-state index >= 15 is 0 Å². The number of nitrogens with zero attached hydrogens (tertiary/aromatic N) is 3. The van der Waals surface area contributed by atoms with E-state index in [1.165, 1.54) is 12.1 Å². The molecule has 1 atom stereocenters. The lowest BCUT2D eigenvalue weighted by atomic mass is 9.90. The summed E-state index contributed by atoms with van der Waals surface area (Å²) in [5, 5.41) is 0. The van der Waals surface area contributed by atoms with Gasteiger partial charge in [0.05, 0.1) is 30.9 Å². The van der Waals surface area contributed by atoms with E-state index in [0.29, 0.717) is 12.3 Å². The Morgan fingerprint density at radius 1 is 1.15 bits per heavy atom. The average molecular weight is 448 g/mol. The minimum Gasteiger partial charge on any atom is -0.495 e. The van der Waals surface area contributed by atoms with Gasteiger partial charge in [0.1, 0.15) is 11.6 Å². The highest BCUT2D eigenvalue weighted by Crippen LogP contribution is 2.34. The summed E-state index contributed by atoms with van der Waals surface area (Å²) in [6, 6.07) is 12.3. The number of carbonyl (C=O) groups is 1. The van der Waals surface area contributed by atoms with Crippen LogP contribution in [0.3, 0.4) is 0 Å². The smallest absolute Gasteiger partial charge is 0.250 e. The molecule has 1 aliphatic heterocycles. The molecule has 1 aliphatic rings. The molecule has 0 bridgehead atoms. The van der Waals surface area contributed by atoms with Crippen molar-refractivity contribution >= 4 is 12.0 Å². The lowest BCUT2D eigenvalue weighted by Gasteiger charge is -2.38. The fraction of sp³-hybridized carbons (Fsp3) is 0.333. The van der Waals surface area contributed by atoms with E-state index in [4.69, 9.17) is 4.74 Å². The van der Waals surface area contributed by atoms with Gasteiger partial charge in [-0.15, -0.1) is 0 Å². The topological polar surface area (TPSA) is 47.4 Å². The molecule has 0 N–H and O–H groups in total. The largest absolute Gasteiger partial charge is 0.495 e. The van der Waals surface area contributed by atoms with Gasteiger partial charge in [-0.2, -0.15) is 0 Å². The van der Waals surface area contributed by atoms with Gasteiger partial charge in [0.2, 0.25) is 5.91 Å². The van der Waals surface area contributed by atoms with Crippen LogP contribution in [0.5, 0.6) is 5.75 Å². The van der Waals surface area contributed by atoms with Crippen LogP contribution in [-0.2, 0) is 4.79 Å². The number of aromatic nitrogens is 2. The maximum Gasteiger partial charge on any atom is 0.250 e. The predicted molar refractivity (Wildman–Crippen MR) is 128 cm³/mol. The molecule has 0 radical (unpaired) electrons. The number of methoxy groups -OCH3 is 1. The van der Waals surface area contributed by atoms with Crippen molar-refractivity contribution in [1.82, 2.24) is 14.5 Å². The van der Waals surface area contributed by atoms with Gasteiger partial charge in [-0.1, -0.05) is 32.0 Å². The predicted octanol–water partition coefficient (Wildman–Crippen LogP) is 5.73. The van der Waals surface area contributed by atoms with Crippen LogP contribution in [0.25, 0.3) is 11.8 Å². The van der Waals surface area contributed by atoms with E-state index in [-0.39, 0.29) is 23.7 Å². The van der Waals surface area contributed by atoms with E-state index in [1.807, 2.05) is 46.9 Å². The molecule has 3 aromatic rings. The molecular weight excluding hydrogens is 417 g/mol. The van der Waals surface area contributed by atoms with Crippen molar-refractivity contribution < 1.29 is 13.9 Å². The van der Waals surface area contributed by atoms with Crippen LogP contribution in [0.4, 0.5) is 4.39 Å². The van der Waals surface area contributed by atoms with Crippen molar-refractivity contribution in [3.63, 3.8) is 0 Å². The first kappa shape index (κ1) is 22.8. The summed E-state index contributed by atoms with van der Waals surface area (Å²) in [4.78, 5) is 19.7. The second kappa shape index (κ2) is 9.61. The summed E-state index contributed by atoms with van der Waals surface area (Å²) >= 11 is 0. The number of hydrogen-bond donors (Lipinski definition) is 0. The zero-order valence-corrected chi connectivity index (χ0v) is 19.6. The molecule has 33 heavy (non-hydrogen) atoms. The molecule has 4 rings (SSSR count). The molecule has 1 fully saturated rings. The van der Waals surface area contributed by atoms with Gasteiger partial charge >= 0.3 is 0 Å². The molecule has 5 nitrogen and oxygen atoms in total. The zero-order chi connectivity index (χ0) is 23.5. The Hall–Kier alpha value is -3.41. The number of rotatable bonds is 6. The molecule has 2 aromatic carbocycles. The van der Waals surface area contributed by atoms with Crippen LogP contribution in [-0.4, -0.2) is 34.0 Å². The van der Waals surface area contributed by atoms with Crippen molar-refractivity contribution in [3.8, 4) is 11.4 Å². The van der Waals surface area contributed by atoms with Crippen LogP contribution >= 0.6 is 0 Å². The molecule has 0 saturated carbocycles. The molecule has 2 heterocycles. The Morgan fingerprint density at radius 3 is 2.55 bits per heavy atom. The summed E-state index contributed by atoms with van der Waals surface area (Å²) < 4.78 is 21.0. The van der Waals surface area contributed by atoms with Gasteiger partial charge in [-0.25, -0.2) is 9.37 Å². The number of piperidine rings is 1. The van der Waals surface area contributed by atoms with Crippen molar-refractivity contribution in [2.75, 3.05) is 13.7 Å². The van der Waals surface area contributed by atoms with Crippen molar-refractivity contribution in [3.05, 3.63) is 83.2 Å². The van der Waals surface area contributed by atoms with Gasteiger partial charge in [0, 0.05) is 18.3 Å². The minimum atomic E-state index is -0.268. The van der Waals surface area contributed by atoms with Gasteiger partial charge in [0.25, 0.3) is 0 Å². The monoisotopic (exact) mass is 447 g/mol. The Morgan fingerprint density at radius 2 is 1.91 bits per heavy atom. The minimum absolute atomic E-state index is 0.0394. The quantitative estimate of drug-likeness (QED) is 0.453. The molecule has 0 spiro atoms. The Balaban J connectivity index is 1.63. The summed E-state index contributed by atoms with van der Waals surface area (Å²) in [6.07, 6.45) is 7.29. The third kappa shape index (κ3) is 4.85. The summed E-state index contributed by atoms with van der Waals surface area (Å²) in [5.74, 6) is 0.692. The third-order valence-electron chi connectivity index (χ3n) is 6.09. The summed E-state index contributed by atoms with van der Waals surface area (Å²) in [5.41, 5.74) is 4.48. The van der Waals surface area contributed by atoms with E-state index in [1.54, 1.807) is 25.6 Å². The Kier molecular flexibility index (Phi) is 6.63. The molecule has 6 heteroatoms. The highest BCUT2D eigenvalue weighted by molar-refractivity contribution is 5.98. The maximum absolute atomic E-state index is 13.5. The number of likely N-dealkylation sites (tertiary alicyclic amines) is 1. The number of ether oxygens (including phenoxy) is 1. The molecular formula is C27H30FN3O2. The normalized spacial score (nSPS) is 16.5. The SMILES string of the molecule is COc1cc(C=C2CCCN(C(c3ccc(F)cc3)C(C)C)C2=O)ccc1-n1cnc(C)c1. The zero-order valence-electron chi connectivity index (χ0n) is 19.6. The number of aryl methyl sites for hydroxylation is 1. The van der Waals surface area contributed by atoms with Crippen molar-refractivity contribution in [2.24, 2.45) is 5.92 Å². The number of halogens is 1. The Labute approximate surface area is 194 Å². The van der Waals surface area contributed by atoms with E-state index < -0.39 is 0 Å².